The number of aryl methyl sites for hydroxylation is 1. The smallest absolute Gasteiger partial charge is 0.119 e. The molecule has 0 bridgehead atoms. The van der Waals surface area contributed by atoms with Crippen LogP contribution in [0.1, 0.15) is 5.56 Å². The van der Waals surface area contributed by atoms with Gasteiger partial charge in [0.05, 0.1) is 6.61 Å². The minimum Gasteiger partial charge on any atom is -0.491 e. The number of aliphatic hydroxyl groups excluding tert-OH is 1. The van der Waals surface area contributed by atoms with E-state index in [4.69, 9.17) is 9.47 Å². The summed E-state index contributed by atoms with van der Waals surface area (Å²) >= 11 is 0. The summed E-state index contributed by atoms with van der Waals surface area (Å²) in [7, 11) is 3.76. The van der Waals surface area contributed by atoms with Crippen molar-refractivity contribution in [1.29, 1.82) is 0 Å². The standard InChI is InChI=1S/C16H28N2O3/c1-14-4-6-16(7-5-14)21-13-15(19)12-17-8-9-18(2)10-11-20-3/h4-7,15,17,19H,8-13H2,1-3H3. The van der Waals surface area contributed by atoms with Gasteiger partial charge in [0.1, 0.15) is 18.5 Å². The summed E-state index contributed by atoms with van der Waals surface area (Å²) < 4.78 is 10.6. The normalized spacial score (nSPS) is 12.6. The van der Waals surface area contributed by atoms with Crippen molar-refractivity contribution in [2.45, 2.75) is 13.0 Å². The molecule has 5 nitrogen and oxygen atoms in total. The highest BCUT2D eigenvalue weighted by Gasteiger charge is 2.05. The Morgan fingerprint density at radius 1 is 1.24 bits per heavy atom. The van der Waals surface area contributed by atoms with Crippen LogP contribution in [0.2, 0.25) is 0 Å². The molecule has 0 fully saturated rings. The van der Waals surface area contributed by atoms with Crippen LogP contribution in [0.15, 0.2) is 24.3 Å². The number of benzene rings is 1. The number of likely N-dealkylation sites (N-methyl/N-ethyl adjacent to an activating group) is 1. The van der Waals surface area contributed by atoms with E-state index in [2.05, 4.69) is 17.3 Å². The molecular formula is C16H28N2O3. The topological polar surface area (TPSA) is 54.0 Å². The lowest BCUT2D eigenvalue weighted by molar-refractivity contribution is 0.105. The quantitative estimate of drug-likeness (QED) is 0.594. The summed E-state index contributed by atoms with van der Waals surface area (Å²) in [6.07, 6.45) is -0.504. The number of ether oxygens (including phenoxy) is 2. The Bertz CT molecular complexity index is 370. The van der Waals surface area contributed by atoms with Crippen LogP contribution < -0.4 is 10.1 Å². The van der Waals surface area contributed by atoms with Crippen LogP contribution in [-0.2, 0) is 4.74 Å². The molecule has 0 aliphatic rings. The Morgan fingerprint density at radius 3 is 2.62 bits per heavy atom. The lowest BCUT2D eigenvalue weighted by Crippen LogP contribution is -2.36. The van der Waals surface area contributed by atoms with E-state index in [1.165, 1.54) is 5.56 Å². The van der Waals surface area contributed by atoms with Crippen LogP contribution in [0.3, 0.4) is 0 Å². The van der Waals surface area contributed by atoms with Crippen molar-refractivity contribution in [3.63, 3.8) is 0 Å². The minimum atomic E-state index is -0.504. The van der Waals surface area contributed by atoms with Crippen molar-refractivity contribution in [2.75, 3.05) is 53.6 Å². The molecule has 0 spiro atoms. The van der Waals surface area contributed by atoms with E-state index in [0.717, 1.165) is 32.0 Å². The Kier molecular flexibility index (Phi) is 9.01. The van der Waals surface area contributed by atoms with Gasteiger partial charge >= 0.3 is 0 Å². The number of nitrogens with one attached hydrogen (secondary N) is 1. The molecular weight excluding hydrogens is 268 g/mol. The first-order chi connectivity index (χ1) is 10.1. The first kappa shape index (κ1) is 17.9. The average Bonchev–Trinajstić information content (AvgIpc) is 2.49. The van der Waals surface area contributed by atoms with Crippen LogP contribution in [0.4, 0.5) is 0 Å². The van der Waals surface area contributed by atoms with E-state index in [-0.39, 0.29) is 0 Å². The third kappa shape index (κ3) is 8.67. The Hall–Kier alpha value is -1.14. The summed E-state index contributed by atoms with van der Waals surface area (Å²) in [4.78, 5) is 2.19. The van der Waals surface area contributed by atoms with Crippen molar-refractivity contribution in [2.24, 2.45) is 0 Å². The van der Waals surface area contributed by atoms with Gasteiger partial charge in [-0.1, -0.05) is 17.7 Å². The second kappa shape index (κ2) is 10.6. The molecule has 1 aromatic rings. The highest BCUT2D eigenvalue weighted by molar-refractivity contribution is 5.26. The van der Waals surface area contributed by atoms with Gasteiger partial charge in [-0.2, -0.15) is 0 Å². The molecule has 1 unspecified atom stereocenters. The van der Waals surface area contributed by atoms with Crippen molar-refractivity contribution >= 4 is 0 Å². The van der Waals surface area contributed by atoms with Gasteiger partial charge in [0.2, 0.25) is 0 Å². The van der Waals surface area contributed by atoms with E-state index >= 15 is 0 Å². The molecule has 0 aliphatic heterocycles. The third-order valence-corrected chi connectivity index (χ3v) is 3.19. The molecule has 2 N–H and O–H groups in total. The number of hydrogen-bond acceptors (Lipinski definition) is 5. The fourth-order valence-corrected chi connectivity index (χ4v) is 1.78. The van der Waals surface area contributed by atoms with Crippen LogP contribution in [0.25, 0.3) is 0 Å². The van der Waals surface area contributed by atoms with E-state index in [1.807, 2.05) is 31.2 Å². The largest absolute Gasteiger partial charge is 0.491 e. The molecule has 0 radical (unpaired) electrons. The second-order valence-electron chi connectivity index (χ2n) is 5.28. The minimum absolute atomic E-state index is 0.301. The van der Waals surface area contributed by atoms with Crippen LogP contribution in [0.5, 0.6) is 5.75 Å². The van der Waals surface area contributed by atoms with E-state index in [1.54, 1.807) is 7.11 Å². The monoisotopic (exact) mass is 296 g/mol. The SMILES string of the molecule is COCCN(C)CCNCC(O)COc1ccc(C)cc1. The van der Waals surface area contributed by atoms with Crippen LogP contribution >= 0.6 is 0 Å². The molecule has 0 amide bonds. The Labute approximate surface area is 127 Å². The predicted octanol–water partition coefficient (Wildman–Crippen LogP) is 0.903. The Balaban J connectivity index is 2.06. The van der Waals surface area contributed by atoms with E-state index in [9.17, 15) is 5.11 Å². The van der Waals surface area contributed by atoms with Gasteiger partial charge in [-0.05, 0) is 26.1 Å². The van der Waals surface area contributed by atoms with Gasteiger partial charge in [-0.15, -0.1) is 0 Å². The molecule has 5 heteroatoms. The summed E-state index contributed by atoms with van der Waals surface area (Å²) in [6.45, 7) is 6.28. The molecule has 0 aliphatic carbocycles. The molecule has 0 aromatic heterocycles. The maximum absolute atomic E-state index is 9.85. The highest BCUT2D eigenvalue weighted by atomic mass is 16.5. The molecule has 120 valence electrons. The van der Waals surface area contributed by atoms with Gasteiger partial charge in [0, 0.05) is 33.3 Å². The van der Waals surface area contributed by atoms with Crippen molar-refractivity contribution in [3.8, 4) is 5.75 Å². The van der Waals surface area contributed by atoms with E-state index in [0.29, 0.717) is 13.2 Å². The molecule has 1 aromatic carbocycles. The number of nitrogens with zero attached hydrogens (tertiary/aromatic N) is 1. The summed E-state index contributed by atoms with van der Waals surface area (Å²) in [6, 6.07) is 7.83. The zero-order valence-corrected chi connectivity index (χ0v) is 13.3. The third-order valence-electron chi connectivity index (χ3n) is 3.19. The number of rotatable bonds is 11. The Morgan fingerprint density at radius 2 is 1.95 bits per heavy atom. The van der Waals surface area contributed by atoms with Crippen molar-refractivity contribution in [1.82, 2.24) is 10.2 Å². The van der Waals surface area contributed by atoms with Crippen molar-refractivity contribution in [3.05, 3.63) is 29.8 Å². The lowest BCUT2D eigenvalue weighted by atomic mass is 10.2. The highest BCUT2D eigenvalue weighted by Crippen LogP contribution is 2.11. The number of hydrogen-bond donors (Lipinski definition) is 2. The summed E-state index contributed by atoms with van der Waals surface area (Å²) in [5, 5.41) is 13.1. The summed E-state index contributed by atoms with van der Waals surface area (Å²) in [5.74, 6) is 0.791. The van der Waals surface area contributed by atoms with Gasteiger partial charge < -0.3 is 24.8 Å². The molecule has 21 heavy (non-hydrogen) atoms. The second-order valence-corrected chi connectivity index (χ2v) is 5.28. The zero-order chi connectivity index (χ0) is 15.5. The predicted molar refractivity (Wildman–Crippen MR) is 84.9 cm³/mol. The van der Waals surface area contributed by atoms with Gasteiger partial charge in [-0.3, -0.25) is 0 Å². The number of methoxy groups -OCH3 is 1. The van der Waals surface area contributed by atoms with Gasteiger partial charge in [0.25, 0.3) is 0 Å². The zero-order valence-electron chi connectivity index (χ0n) is 13.3. The fourth-order valence-electron chi connectivity index (χ4n) is 1.78. The molecule has 1 rings (SSSR count). The first-order valence-electron chi connectivity index (χ1n) is 7.37. The summed E-state index contributed by atoms with van der Waals surface area (Å²) in [5.41, 5.74) is 1.20. The fraction of sp³-hybridized carbons (Fsp3) is 0.625. The van der Waals surface area contributed by atoms with Gasteiger partial charge in [0.15, 0.2) is 0 Å². The number of aliphatic hydroxyl groups is 1. The lowest BCUT2D eigenvalue weighted by Gasteiger charge is -2.17. The van der Waals surface area contributed by atoms with Crippen LogP contribution in [-0.4, -0.2) is 69.7 Å². The average molecular weight is 296 g/mol. The maximum atomic E-state index is 9.85. The van der Waals surface area contributed by atoms with Gasteiger partial charge in [-0.25, -0.2) is 0 Å². The van der Waals surface area contributed by atoms with Crippen LogP contribution in [0, 0.1) is 6.92 Å². The first-order valence-corrected chi connectivity index (χ1v) is 7.37. The maximum Gasteiger partial charge on any atom is 0.119 e. The van der Waals surface area contributed by atoms with Crippen molar-refractivity contribution < 1.29 is 14.6 Å². The molecule has 0 heterocycles. The molecule has 0 saturated heterocycles. The molecule has 1 atom stereocenters. The van der Waals surface area contributed by atoms with E-state index < -0.39 is 6.10 Å². The molecule has 0 saturated carbocycles.